The van der Waals surface area contributed by atoms with Crippen LogP contribution in [0.1, 0.15) is 44.3 Å². The topological polar surface area (TPSA) is 43.8 Å². The van der Waals surface area contributed by atoms with Crippen LogP contribution in [0.4, 0.5) is 0 Å². The van der Waals surface area contributed by atoms with Crippen LogP contribution in [0.25, 0.3) is 0 Å². The van der Waals surface area contributed by atoms with Gasteiger partial charge in [-0.25, -0.2) is 0 Å². The molecular formula is C11H18BrN3. The summed E-state index contributed by atoms with van der Waals surface area (Å²) in [5.74, 6) is 1.25. The van der Waals surface area contributed by atoms with Gasteiger partial charge in [-0.3, -0.25) is 4.68 Å². The molecule has 1 saturated carbocycles. The van der Waals surface area contributed by atoms with Crippen LogP contribution < -0.4 is 5.73 Å². The Morgan fingerprint density at radius 2 is 2.33 bits per heavy atom. The lowest BCUT2D eigenvalue weighted by Crippen LogP contribution is -2.32. The lowest BCUT2D eigenvalue weighted by Gasteiger charge is -2.36. The summed E-state index contributed by atoms with van der Waals surface area (Å²) < 4.78 is 3.26. The molecule has 0 saturated heterocycles. The van der Waals surface area contributed by atoms with E-state index in [1.165, 1.54) is 18.5 Å². The minimum absolute atomic E-state index is 0.422. The normalized spacial score (nSPS) is 25.7. The highest BCUT2D eigenvalue weighted by Gasteiger charge is 2.35. The molecule has 0 spiro atoms. The van der Waals surface area contributed by atoms with Crippen LogP contribution in [0.15, 0.2) is 10.7 Å². The van der Waals surface area contributed by atoms with E-state index in [0.29, 0.717) is 17.9 Å². The van der Waals surface area contributed by atoms with E-state index in [4.69, 9.17) is 5.73 Å². The molecule has 1 aliphatic carbocycles. The molecule has 0 amide bonds. The van der Waals surface area contributed by atoms with E-state index in [2.05, 4.69) is 39.6 Å². The zero-order chi connectivity index (χ0) is 11.0. The average Bonchev–Trinajstić information content (AvgIpc) is 2.48. The second-order valence-electron chi connectivity index (χ2n) is 4.60. The molecule has 2 rings (SSSR count). The first-order chi connectivity index (χ1) is 7.15. The van der Waals surface area contributed by atoms with Crippen LogP contribution in [0, 0.1) is 5.92 Å². The fourth-order valence-electron chi connectivity index (χ4n) is 2.32. The lowest BCUT2D eigenvalue weighted by molar-refractivity contribution is 0.245. The smallest absolute Gasteiger partial charge is 0.0635 e. The summed E-state index contributed by atoms with van der Waals surface area (Å²) in [6.45, 7) is 5.12. The maximum atomic E-state index is 5.76. The molecule has 84 valence electrons. The fraction of sp³-hybridized carbons (Fsp3) is 0.727. The summed E-state index contributed by atoms with van der Waals surface area (Å²) in [7, 11) is 0. The van der Waals surface area contributed by atoms with Gasteiger partial charge in [-0.1, -0.05) is 0 Å². The van der Waals surface area contributed by atoms with Crippen LogP contribution in [-0.4, -0.2) is 16.3 Å². The Morgan fingerprint density at radius 3 is 2.80 bits per heavy atom. The van der Waals surface area contributed by atoms with E-state index >= 15 is 0 Å². The lowest BCUT2D eigenvalue weighted by atomic mass is 9.72. The molecule has 1 fully saturated rings. The third-order valence-corrected chi connectivity index (χ3v) is 3.96. The van der Waals surface area contributed by atoms with Crippen molar-refractivity contribution in [3.8, 4) is 0 Å². The Hall–Kier alpha value is -0.350. The number of halogens is 1. The maximum Gasteiger partial charge on any atom is 0.0635 e. The quantitative estimate of drug-likeness (QED) is 0.919. The van der Waals surface area contributed by atoms with Gasteiger partial charge in [-0.2, -0.15) is 5.10 Å². The Kier molecular flexibility index (Phi) is 3.16. The van der Waals surface area contributed by atoms with E-state index in [-0.39, 0.29) is 0 Å². The molecule has 1 aliphatic rings. The molecular weight excluding hydrogens is 254 g/mol. The minimum atomic E-state index is 0.422. The Balaban J connectivity index is 2.30. The Morgan fingerprint density at radius 1 is 1.60 bits per heavy atom. The minimum Gasteiger partial charge on any atom is -0.330 e. The Labute approximate surface area is 99.2 Å². The fourth-order valence-corrected chi connectivity index (χ4v) is 2.89. The van der Waals surface area contributed by atoms with Gasteiger partial charge in [-0.15, -0.1) is 0 Å². The molecule has 0 aliphatic heterocycles. The highest BCUT2D eigenvalue weighted by atomic mass is 79.9. The summed E-state index contributed by atoms with van der Waals surface area (Å²) in [4.78, 5) is 0. The first kappa shape index (κ1) is 11.1. The number of hydrogen-bond donors (Lipinski definition) is 1. The van der Waals surface area contributed by atoms with Crippen LogP contribution in [0.5, 0.6) is 0 Å². The molecule has 2 atom stereocenters. The van der Waals surface area contributed by atoms with E-state index in [1.54, 1.807) is 0 Å². The van der Waals surface area contributed by atoms with Crippen LogP contribution in [0.3, 0.4) is 0 Å². The third-order valence-electron chi connectivity index (χ3n) is 3.35. The second-order valence-corrected chi connectivity index (χ2v) is 5.45. The third kappa shape index (κ3) is 1.85. The van der Waals surface area contributed by atoms with Gasteiger partial charge in [-0.05, 0) is 55.1 Å². The molecule has 1 aromatic rings. The molecule has 2 unspecified atom stereocenters. The Bertz CT molecular complexity index is 344. The van der Waals surface area contributed by atoms with Gasteiger partial charge in [0.1, 0.15) is 0 Å². The molecule has 1 heterocycles. The number of nitrogens with two attached hydrogens (primary N) is 1. The van der Waals surface area contributed by atoms with Crippen molar-refractivity contribution < 1.29 is 0 Å². The number of hydrogen-bond acceptors (Lipinski definition) is 2. The summed E-state index contributed by atoms with van der Waals surface area (Å²) in [5, 5.41) is 4.42. The predicted octanol–water partition coefficient (Wildman–Crippen LogP) is 2.68. The van der Waals surface area contributed by atoms with Crippen LogP contribution in [-0.2, 0) is 0 Å². The van der Waals surface area contributed by atoms with Gasteiger partial charge in [0, 0.05) is 12.0 Å². The predicted molar refractivity (Wildman–Crippen MR) is 64.8 cm³/mol. The molecule has 15 heavy (non-hydrogen) atoms. The molecule has 0 aromatic carbocycles. The zero-order valence-electron chi connectivity index (χ0n) is 9.28. The van der Waals surface area contributed by atoms with E-state index in [0.717, 1.165) is 11.0 Å². The van der Waals surface area contributed by atoms with Gasteiger partial charge >= 0.3 is 0 Å². The zero-order valence-corrected chi connectivity index (χ0v) is 10.9. The van der Waals surface area contributed by atoms with Crippen molar-refractivity contribution in [2.45, 2.75) is 38.6 Å². The van der Waals surface area contributed by atoms with Crippen molar-refractivity contribution in [1.82, 2.24) is 9.78 Å². The van der Waals surface area contributed by atoms with Crippen LogP contribution >= 0.6 is 15.9 Å². The summed E-state index contributed by atoms with van der Waals surface area (Å²) in [6.07, 6.45) is 4.41. The number of rotatable bonds is 3. The monoisotopic (exact) mass is 271 g/mol. The van der Waals surface area contributed by atoms with Crippen molar-refractivity contribution in [2.75, 3.05) is 6.54 Å². The van der Waals surface area contributed by atoms with Gasteiger partial charge < -0.3 is 5.73 Å². The summed E-state index contributed by atoms with van der Waals surface area (Å²) in [6, 6.07) is 0.422. The second kappa shape index (κ2) is 4.26. The van der Waals surface area contributed by atoms with Gasteiger partial charge in [0.2, 0.25) is 0 Å². The molecule has 2 N–H and O–H groups in total. The van der Waals surface area contributed by atoms with E-state index < -0.39 is 0 Å². The molecule has 0 radical (unpaired) electrons. The first-order valence-corrected chi connectivity index (χ1v) is 6.37. The summed E-state index contributed by atoms with van der Waals surface area (Å²) in [5.41, 5.74) is 7.10. The number of aromatic nitrogens is 2. The summed E-state index contributed by atoms with van der Waals surface area (Å²) >= 11 is 3.59. The van der Waals surface area contributed by atoms with Gasteiger partial charge in [0.15, 0.2) is 0 Å². The van der Waals surface area contributed by atoms with Crippen molar-refractivity contribution in [2.24, 2.45) is 11.7 Å². The van der Waals surface area contributed by atoms with Crippen molar-refractivity contribution in [3.63, 3.8) is 0 Å². The maximum absolute atomic E-state index is 5.76. The van der Waals surface area contributed by atoms with Crippen LogP contribution in [0.2, 0.25) is 0 Å². The van der Waals surface area contributed by atoms with Gasteiger partial charge in [0.05, 0.1) is 16.4 Å². The first-order valence-electron chi connectivity index (χ1n) is 5.58. The SMILES string of the molecule is CC(C)n1ncc(Br)c1C1CCC1CN. The largest absolute Gasteiger partial charge is 0.330 e. The molecule has 1 aromatic heterocycles. The highest BCUT2D eigenvalue weighted by Crippen LogP contribution is 2.44. The number of nitrogens with zero attached hydrogens (tertiary/aromatic N) is 2. The van der Waals surface area contributed by atoms with Crippen molar-refractivity contribution >= 4 is 15.9 Å². The van der Waals surface area contributed by atoms with E-state index in [1.807, 2.05) is 6.20 Å². The standard InChI is InChI=1S/C11H18BrN3/c1-7(2)15-11(10(12)6-14-15)9-4-3-8(9)5-13/h6-9H,3-5,13H2,1-2H3. The van der Waals surface area contributed by atoms with E-state index in [9.17, 15) is 0 Å². The molecule has 0 bridgehead atoms. The molecule has 4 heteroatoms. The van der Waals surface area contributed by atoms with Crippen molar-refractivity contribution in [1.29, 1.82) is 0 Å². The van der Waals surface area contributed by atoms with Gasteiger partial charge in [0.25, 0.3) is 0 Å². The van der Waals surface area contributed by atoms with Crippen molar-refractivity contribution in [3.05, 3.63) is 16.4 Å². The average molecular weight is 272 g/mol. The highest BCUT2D eigenvalue weighted by molar-refractivity contribution is 9.10. The molecule has 3 nitrogen and oxygen atoms in total.